The topological polar surface area (TPSA) is 29.0 Å². The first-order valence-corrected chi connectivity index (χ1v) is 7.52. The van der Waals surface area contributed by atoms with Crippen LogP contribution < -0.4 is 4.90 Å². The summed E-state index contributed by atoms with van der Waals surface area (Å²) in [6, 6.07) is 8.41. The molecule has 0 bridgehead atoms. The van der Waals surface area contributed by atoms with Crippen molar-refractivity contribution >= 4 is 34.7 Å². The van der Waals surface area contributed by atoms with Crippen molar-refractivity contribution in [3.63, 3.8) is 0 Å². The Kier molecular flexibility index (Phi) is 3.81. The van der Waals surface area contributed by atoms with Gasteiger partial charge in [0.15, 0.2) is 0 Å². The molecule has 1 aromatic heterocycles. The van der Waals surface area contributed by atoms with E-state index in [2.05, 4.69) is 40.0 Å². The van der Waals surface area contributed by atoms with Gasteiger partial charge in [0, 0.05) is 17.8 Å². The van der Waals surface area contributed by atoms with E-state index in [9.17, 15) is 0 Å². The Morgan fingerprint density at radius 1 is 1.30 bits per heavy atom. The number of alkyl halides is 1. The number of anilines is 2. The Morgan fingerprint density at radius 3 is 2.90 bits per heavy atom. The van der Waals surface area contributed by atoms with E-state index in [-0.39, 0.29) is 0 Å². The highest BCUT2D eigenvalue weighted by Crippen LogP contribution is 2.37. The summed E-state index contributed by atoms with van der Waals surface area (Å²) in [7, 11) is 0. The van der Waals surface area contributed by atoms with Crippen LogP contribution >= 0.6 is 23.2 Å². The summed E-state index contributed by atoms with van der Waals surface area (Å²) in [5.41, 5.74) is 3.31. The minimum Gasteiger partial charge on any atom is -0.325 e. The first-order chi connectivity index (χ1) is 9.70. The summed E-state index contributed by atoms with van der Waals surface area (Å²) in [6.07, 6.45) is 2.58. The van der Waals surface area contributed by atoms with Crippen molar-refractivity contribution in [1.82, 2.24) is 9.97 Å². The van der Waals surface area contributed by atoms with E-state index in [1.165, 1.54) is 17.6 Å². The van der Waals surface area contributed by atoms with E-state index >= 15 is 0 Å². The smallest absolute Gasteiger partial charge is 0.142 e. The average Bonchev–Trinajstić information content (AvgIpc) is 2.46. The van der Waals surface area contributed by atoms with Crippen molar-refractivity contribution in [2.24, 2.45) is 5.92 Å². The number of benzene rings is 1. The largest absolute Gasteiger partial charge is 0.325 e. The van der Waals surface area contributed by atoms with Crippen LogP contribution in [0.15, 0.2) is 30.6 Å². The predicted molar refractivity (Wildman–Crippen MR) is 82.9 cm³/mol. The van der Waals surface area contributed by atoms with Crippen LogP contribution in [-0.4, -0.2) is 16.5 Å². The van der Waals surface area contributed by atoms with Crippen LogP contribution in [0.4, 0.5) is 11.5 Å². The van der Waals surface area contributed by atoms with E-state index < -0.39 is 0 Å². The Bertz CT molecular complexity index is 630. The molecule has 2 heterocycles. The molecule has 1 unspecified atom stereocenters. The molecule has 1 aliphatic heterocycles. The van der Waals surface area contributed by atoms with Crippen LogP contribution in [0.3, 0.4) is 0 Å². The molecule has 20 heavy (non-hydrogen) atoms. The third-order valence-corrected chi connectivity index (χ3v) is 4.20. The van der Waals surface area contributed by atoms with Gasteiger partial charge in [0.2, 0.25) is 0 Å². The average molecular weight is 308 g/mol. The number of fused-ring (bicyclic) bond motifs is 1. The van der Waals surface area contributed by atoms with Gasteiger partial charge < -0.3 is 4.90 Å². The SMILES string of the molecule is CC1Cc2ccccc2N(c2ncnc(Cl)c2CCl)C1. The monoisotopic (exact) mass is 307 g/mol. The van der Waals surface area contributed by atoms with Crippen LogP contribution in [0.2, 0.25) is 5.15 Å². The predicted octanol–water partition coefficient (Wildman–Crippen LogP) is 4.20. The fraction of sp³-hybridized carbons (Fsp3) is 0.333. The zero-order chi connectivity index (χ0) is 14.1. The van der Waals surface area contributed by atoms with Crippen LogP contribution in [0, 0.1) is 5.92 Å². The minimum absolute atomic E-state index is 0.308. The standard InChI is InChI=1S/C15H15Cl2N3/c1-10-6-11-4-2-3-5-13(11)20(8-10)15-12(7-16)14(17)18-9-19-15/h2-5,9-10H,6-8H2,1H3. The number of rotatable bonds is 2. The van der Waals surface area contributed by atoms with Crippen molar-refractivity contribution in [3.8, 4) is 0 Å². The van der Waals surface area contributed by atoms with Gasteiger partial charge in [-0.25, -0.2) is 9.97 Å². The maximum Gasteiger partial charge on any atom is 0.142 e. The molecule has 0 fully saturated rings. The van der Waals surface area contributed by atoms with Gasteiger partial charge in [-0.15, -0.1) is 11.6 Å². The van der Waals surface area contributed by atoms with E-state index in [1.807, 2.05) is 6.07 Å². The molecule has 2 aromatic rings. The lowest BCUT2D eigenvalue weighted by molar-refractivity contribution is 0.559. The van der Waals surface area contributed by atoms with Gasteiger partial charge in [-0.2, -0.15) is 0 Å². The molecular weight excluding hydrogens is 293 g/mol. The number of para-hydroxylation sites is 1. The molecule has 0 saturated heterocycles. The summed E-state index contributed by atoms with van der Waals surface area (Å²) in [5, 5.41) is 0.431. The Labute approximate surface area is 128 Å². The number of nitrogens with zero attached hydrogens (tertiary/aromatic N) is 3. The zero-order valence-corrected chi connectivity index (χ0v) is 12.7. The molecule has 0 radical (unpaired) electrons. The molecule has 1 aliphatic rings. The number of halogens is 2. The second-order valence-electron chi connectivity index (χ2n) is 5.15. The molecule has 1 aromatic carbocycles. The molecule has 0 amide bonds. The number of hydrogen-bond donors (Lipinski definition) is 0. The van der Waals surface area contributed by atoms with Gasteiger partial charge >= 0.3 is 0 Å². The lowest BCUT2D eigenvalue weighted by Crippen LogP contribution is -2.31. The van der Waals surface area contributed by atoms with Crippen molar-refractivity contribution in [1.29, 1.82) is 0 Å². The van der Waals surface area contributed by atoms with Crippen molar-refractivity contribution in [2.75, 3.05) is 11.4 Å². The highest BCUT2D eigenvalue weighted by Gasteiger charge is 2.25. The van der Waals surface area contributed by atoms with Gasteiger partial charge in [0.25, 0.3) is 0 Å². The molecule has 0 spiro atoms. The van der Waals surface area contributed by atoms with Crippen LogP contribution in [-0.2, 0) is 12.3 Å². The fourth-order valence-corrected chi connectivity index (χ4v) is 3.24. The normalized spacial score (nSPS) is 17.9. The number of aromatic nitrogens is 2. The van der Waals surface area contributed by atoms with E-state index in [4.69, 9.17) is 23.2 Å². The minimum atomic E-state index is 0.308. The second kappa shape index (κ2) is 5.58. The van der Waals surface area contributed by atoms with Gasteiger partial charge in [0.1, 0.15) is 17.3 Å². The fourth-order valence-electron chi connectivity index (χ4n) is 2.73. The summed E-state index contributed by atoms with van der Waals surface area (Å²) in [5.74, 6) is 1.68. The molecule has 3 rings (SSSR count). The Hall–Kier alpha value is -1.32. The quantitative estimate of drug-likeness (QED) is 0.615. The van der Waals surface area contributed by atoms with Crippen LogP contribution in [0.1, 0.15) is 18.1 Å². The second-order valence-corrected chi connectivity index (χ2v) is 5.77. The first-order valence-electron chi connectivity index (χ1n) is 6.61. The summed E-state index contributed by atoms with van der Waals surface area (Å²) >= 11 is 12.2. The molecule has 0 N–H and O–H groups in total. The third kappa shape index (κ3) is 2.36. The highest BCUT2D eigenvalue weighted by molar-refractivity contribution is 6.31. The van der Waals surface area contributed by atoms with E-state index in [0.29, 0.717) is 17.0 Å². The molecule has 3 nitrogen and oxygen atoms in total. The molecule has 0 aliphatic carbocycles. The van der Waals surface area contributed by atoms with Gasteiger partial charge in [-0.3, -0.25) is 0 Å². The number of hydrogen-bond acceptors (Lipinski definition) is 3. The zero-order valence-electron chi connectivity index (χ0n) is 11.2. The van der Waals surface area contributed by atoms with Crippen molar-refractivity contribution < 1.29 is 0 Å². The lowest BCUT2D eigenvalue weighted by Gasteiger charge is -2.34. The first kappa shape index (κ1) is 13.7. The molecular formula is C15H15Cl2N3. The van der Waals surface area contributed by atoms with Gasteiger partial charge in [-0.1, -0.05) is 36.7 Å². The van der Waals surface area contributed by atoms with Crippen molar-refractivity contribution in [2.45, 2.75) is 19.2 Å². The molecule has 0 saturated carbocycles. The molecule has 5 heteroatoms. The van der Waals surface area contributed by atoms with Crippen LogP contribution in [0.5, 0.6) is 0 Å². The lowest BCUT2D eigenvalue weighted by atomic mass is 9.94. The molecule has 104 valence electrons. The van der Waals surface area contributed by atoms with Gasteiger partial charge in [-0.05, 0) is 24.0 Å². The summed E-state index contributed by atoms with van der Waals surface area (Å²) in [4.78, 5) is 10.6. The third-order valence-electron chi connectivity index (χ3n) is 3.60. The maximum absolute atomic E-state index is 6.15. The highest BCUT2D eigenvalue weighted by atomic mass is 35.5. The van der Waals surface area contributed by atoms with Crippen molar-refractivity contribution in [3.05, 3.63) is 46.9 Å². The maximum atomic E-state index is 6.15. The van der Waals surface area contributed by atoms with Crippen LogP contribution in [0.25, 0.3) is 0 Å². The Balaban J connectivity index is 2.13. The summed E-state index contributed by atoms with van der Waals surface area (Å²) < 4.78 is 0. The summed E-state index contributed by atoms with van der Waals surface area (Å²) in [6.45, 7) is 3.15. The van der Waals surface area contributed by atoms with E-state index in [0.717, 1.165) is 24.3 Å². The molecule has 1 atom stereocenters. The van der Waals surface area contributed by atoms with E-state index in [1.54, 1.807) is 0 Å². The Morgan fingerprint density at radius 2 is 2.10 bits per heavy atom. The van der Waals surface area contributed by atoms with Gasteiger partial charge in [0.05, 0.1) is 5.88 Å².